The van der Waals surface area contributed by atoms with Gasteiger partial charge < -0.3 is 16.0 Å². The number of carbonyl (C=O) groups is 1. The van der Waals surface area contributed by atoms with Crippen molar-refractivity contribution in [2.24, 2.45) is 4.99 Å². The molecule has 1 heterocycles. The number of rotatable bonds is 8. The fourth-order valence-electron chi connectivity index (χ4n) is 2.38. The first-order valence-corrected chi connectivity index (χ1v) is 9.74. The van der Waals surface area contributed by atoms with Crippen molar-refractivity contribution in [2.45, 2.75) is 33.2 Å². The van der Waals surface area contributed by atoms with Crippen molar-refractivity contribution in [2.75, 3.05) is 20.1 Å². The number of hydrogen-bond donors (Lipinski definition) is 3. The highest BCUT2D eigenvalue weighted by Gasteiger charge is 2.05. The summed E-state index contributed by atoms with van der Waals surface area (Å²) >= 11 is 1.77. The molecular formula is C19H28IN5OS. The molecule has 8 heteroatoms. The molecule has 27 heavy (non-hydrogen) atoms. The average Bonchev–Trinajstić information content (AvgIpc) is 3.13. The predicted octanol–water partition coefficient (Wildman–Crippen LogP) is 2.98. The third-order valence-electron chi connectivity index (χ3n) is 3.76. The van der Waals surface area contributed by atoms with Crippen LogP contribution in [0.3, 0.4) is 0 Å². The van der Waals surface area contributed by atoms with Crippen LogP contribution in [0.25, 0.3) is 0 Å². The van der Waals surface area contributed by atoms with Crippen LogP contribution in [-0.2, 0) is 19.4 Å². The number of halogens is 1. The van der Waals surface area contributed by atoms with Crippen LogP contribution in [0, 0.1) is 0 Å². The van der Waals surface area contributed by atoms with Gasteiger partial charge in [-0.25, -0.2) is 9.98 Å². The molecule has 3 N–H and O–H groups in total. The number of benzene rings is 1. The number of carbonyl (C=O) groups excluding carboxylic acids is 1. The maximum absolute atomic E-state index is 11.7. The Balaban J connectivity index is 0.00000364. The number of nitrogens with one attached hydrogen (secondary N) is 3. The van der Waals surface area contributed by atoms with Crippen LogP contribution in [0.2, 0.25) is 0 Å². The molecule has 0 aliphatic carbocycles. The second-order valence-electron chi connectivity index (χ2n) is 5.73. The van der Waals surface area contributed by atoms with Gasteiger partial charge in [0.2, 0.25) is 0 Å². The summed E-state index contributed by atoms with van der Waals surface area (Å²) in [5, 5.41) is 10.4. The number of aryl methyl sites for hydroxylation is 1. The Morgan fingerprint density at radius 3 is 2.74 bits per heavy atom. The van der Waals surface area contributed by atoms with Crippen LogP contribution in [0.4, 0.5) is 0 Å². The number of thiazole rings is 1. The lowest BCUT2D eigenvalue weighted by molar-refractivity contribution is 0.0963. The molecule has 1 amide bonds. The van der Waals surface area contributed by atoms with E-state index < -0.39 is 0 Å². The highest BCUT2D eigenvalue weighted by Crippen LogP contribution is 2.13. The average molecular weight is 501 g/mol. The molecule has 0 saturated heterocycles. The van der Waals surface area contributed by atoms with E-state index in [0.717, 1.165) is 42.5 Å². The zero-order chi connectivity index (χ0) is 18.8. The second kappa shape index (κ2) is 12.7. The summed E-state index contributed by atoms with van der Waals surface area (Å²) in [5.41, 5.74) is 1.64. The van der Waals surface area contributed by atoms with Crippen LogP contribution >= 0.6 is 35.3 Å². The molecule has 1 aromatic heterocycles. The van der Waals surface area contributed by atoms with Gasteiger partial charge in [0.15, 0.2) is 5.96 Å². The standard InChI is InChI=1S/C19H27N5OS.HI/c1-4-16-13-23-17(26-16)9-10-22-19(21-5-2)24-12-14-7-6-8-15(11-14)18(25)20-3;/h6-8,11,13H,4-5,9-10,12H2,1-3H3,(H,20,25)(H2,21,22,24);1H. The number of hydrogen-bond acceptors (Lipinski definition) is 4. The fourth-order valence-corrected chi connectivity index (χ4v) is 3.24. The summed E-state index contributed by atoms with van der Waals surface area (Å²) < 4.78 is 0. The molecule has 0 spiro atoms. The van der Waals surface area contributed by atoms with E-state index in [9.17, 15) is 4.79 Å². The highest BCUT2D eigenvalue weighted by atomic mass is 127. The lowest BCUT2D eigenvalue weighted by Gasteiger charge is -2.11. The van der Waals surface area contributed by atoms with Crippen molar-refractivity contribution in [1.29, 1.82) is 0 Å². The maximum atomic E-state index is 11.7. The van der Waals surface area contributed by atoms with Gasteiger partial charge in [-0.3, -0.25) is 4.79 Å². The van der Waals surface area contributed by atoms with Gasteiger partial charge in [0.1, 0.15) is 0 Å². The smallest absolute Gasteiger partial charge is 0.251 e. The minimum Gasteiger partial charge on any atom is -0.357 e. The Kier molecular flexibility index (Phi) is 11.0. The Morgan fingerprint density at radius 2 is 2.07 bits per heavy atom. The van der Waals surface area contributed by atoms with Crippen molar-refractivity contribution in [3.63, 3.8) is 0 Å². The van der Waals surface area contributed by atoms with E-state index in [2.05, 4.69) is 32.9 Å². The van der Waals surface area contributed by atoms with E-state index in [-0.39, 0.29) is 29.9 Å². The number of guanidine groups is 1. The third kappa shape index (κ3) is 7.84. The summed E-state index contributed by atoms with van der Waals surface area (Å²) in [5.74, 6) is 0.681. The molecule has 0 aliphatic rings. The van der Waals surface area contributed by atoms with E-state index in [1.807, 2.05) is 31.3 Å². The molecule has 0 fully saturated rings. The summed E-state index contributed by atoms with van der Waals surface area (Å²) in [4.78, 5) is 22.1. The Labute approximate surface area is 182 Å². The predicted molar refractivity (Wildman–Crippen MR) is 123 cm³/mol. The number of aliphatic imine (C=N–C) groups is 1. The molecule has 0 saturated carbocycles. The van der Waals surface area contributed by atoms with Crippen LogP contribution in [0.15, 0.2) is 35.5 Å². The summed E-state index contributed by atoms with van der Waals surface area (Å²) in [6, 6.07) is 7.52. The first kappa shape index (κ1) is 23.4. The number of amides is 1. The molecule has 0 atom stereocenters. The van der Waals surface area contributed by atoms with Gasteiger partial charge in [-0.2, -0.15) is 0 Å². The zero-order valence-electron chi connectivity index (χ0n) is 16.0. The van der Waals surface area contributed by atoms with Crippen molar-refractivity contribution < 1.29 is 4.79 Å². The number of nitrogens with zero attached hydrogens (tertiary/aromatic N) is 2. The zero-order valence-corrected chi connectivity index (χ0v) is 19.2. The Bertz CT molecular complexity index is 747. The van der Waals surface area contributed by atoms with E-state index in [1.165, 1.54) is 4.88 Å². The minimum absolute atomic E-state index is 0. The normalized spacial score (nSPS) is 10.9. The van der Waals surface area contributed by atoms with Crippen molar-refractivity contribution in [3.8, 4) is 0 Å². The minimum atomic E-state index is -0.0873. The van der Waals surface area contributed by atoms with E-state index in [4.69, 9.17) is 0 Å². The van der Waals surface area contributed by atoms with Gasteiger partial charge in [0.25, 0.3) is 5.91 Å². The molecule has 2 aromatic rings. The first-order chi connectivity index (χ1) is 12.7. The third-order valence-corrected chi connectivity index (χ3v) is 4.96. The first-order valence-electron chi connectivity index (χ1n) is 8.93. The van der Waals surface area contributed by atoms with Crippen molar-refractivity contribution >= 4 is 47.2 Å². The van der Waals surface area contributed by atoms with E-state index in [1.54, 1.807) is 24.5 Å². The SMILES string of the molecule is CCNC(=NCc1cccc(C(=O)NC)c1)NCCc1ncc(CC)s1.I. The molecule has 1 aromatic carbocycles. The molecule has 0 radical (unpaired) electrons. The molecule has 0 unspecified atom stereocenters. The monoisotopic (exact) mass is 501 g/mol. The topological polar surface area (TPSA) is 78.4 Å². The van der Waals surface area contributed by atoms with Gasteiger partial charge in [0.05, 0.1) is 11.6 Å². The summed E-state index contributed by atoms with van der Waals surface area (Å²) in [7, 11) is 1.63. The number of aromatic nitrogens is 1. The molecule has 2 rings (SSSR count). The molecule has 0 aliphatic heterocycles. The highest BCUT2D eigenvalue weighted by molar-refractivity contribution is 14.0. The van der Waals surface area contributed by atoms with Crippen molar-refractivity contribution in [3.05, 3.63) is 51.5 Å². The van der Waals surface area contributed by atoms with Gasteiger partial charge in [-0.05, 0) is 31.0 Å². The van der Waals surface area contributed by atoms with Gasteiger partial charge in [-0.1, -0.05) is 19.1 Å². The molecule has 6 nitrogen and oxygen atoms in total. The van der Waals surface area contributed by atoms with E-state index in [0.29, 0.717) is 12.1 Å². The maximum Gasteiger partial charge on any atom is 0.251 e. The Hall–Kier alpha value is -1.68. The van der Waals surface area contributed by atoms with Crippen LogP contribution in [0.5, 0.6) is 0 Å². The van der Waals surface area contributed by atoms with Crippen LogP contribution in [0.1, 0.15) is 39.7 Å². The van der Waals surface area contributed by atoms with Gasteiger partial charge in [-0.15, -0.1) is 35.3 Å². The lowest BCUT2D eigenvalue weighted by atomic mass is 10.1. The summed E-state index contributed by atoms with van der Waals surface area (Å²) in [6.45, 7) is 6.27. The second-order valence-corrected chi connectivity index (χ2v) is 6.93. The molecular weight excluding hydrogens is 473 g/mol. The van der Waals surface area contributed by atoms with Crippen LogP contribution in [-0.4, -0.2) is 37.0 Å². The molecule has 0 bridgehead atoms. The van der Waals surface area contributed by atoms with Gasteiger partial charge in [0, 0.05) is 43.2 Å². The van der Waals surface area contributed by atoms with E-state index >= 15 is 0 Å². The largest absolute Gasteiger partial charge is 0.357 e. The van der Waals surface area contributed by atoms with Gasteiger partial charge >= 0.3 is 0 Å². The fraction of sp³-hybridized carbons (Fsp3) is 0.421. The summed E-state index contributed by atoms with van der Waals surface area (Å²) in [6.07, 6.45) is 3.87. The van der Waals surface area contributed by atoms with Crippen molar-refractivity contribution in [1.82, 2.24) is 20.9 Å². The van der Waals surface area contributed by atoms with Crippen LogP contribution < -0.4 is 16.0 Å². The molecule has 148 valence electrons. The lowest BCUT2D eigenvalue weighted by Crippen LogP contribution is -2.38. The Morgan fingerprint density at radius 1 is 1.26 bits per heavy atom. The quantitative estimate of drug-likeness (QED) is 0.295.